The van der Waals surface area contributed by atoms with Crippen molar-refractivity contribution in [2.75, 3.05) is 5.32 Å². The number of carbonyl (C=O) groups excluding carboxylic acids is 2. The Kier molecular flexibility index (Phi) is 6.65. The van der Waals surface area contributed by atoms with Gasteiger partial charge in [-0.2, -0.15) is 5.10 Å². The van der Waals surface area contributed by atoms with Crippen LogP contribution in [0.3, 0.4) is 0 Å². The number of nitrogens with one attached hydrogen (secondary N) is 2. The zero-order chi connectivity index (χ0) is 20.8. The van der Waals surface area contributed by atoms with Crippen molar-refractivity contribution >= 4 is 46.4 Å². The number of hydrazone groups is 1. The fourth-order valence-corrected chi connectivity index (χ4v) is 3.01. The van der Waals surface area contributed by atoms with Crippen LogP contribution in [0.1, 0.15) is 33.2 Å². The first-order chi connectivity index (χ1) is 13.9. The molecular weight excluding hydrogens is 409 g/mol. The minimum atomic E-state index is -0.333. The summed E-state index contributed by atoms with van der Waals surface area (Å²) in [4.78, 5) is 24.4. The molecule has 0 aliphatic heterocycles. The topological polar surface area (TPSA) is 70.6 Å². The Morgan fingerprint density at radius 2 is 1.52 bits per heavy atom. The summed E-state index contributed by atoms with van der Waals surface area (Å²) in [5.74, 6) is -0.617. The first-order valence-electron chi connectivity index (χ1n) is 8.70. The van der Waals surface area contributed by atoms with Crippen molar-refractivity contribution < 1.29 is 9.59 Å². The van der Waals surface area contributed by atoms with Crippen molar-refractivity contribution in [2.24, 2.45) is 5.10 Å². The summed E-state index contributed by atoms with van der Waals surface area (Å²) in [6.45, 7) is 1.78. The minimum absolute atomic E-state index is 0.281. The van der Waals surface area contributed by atoms with Crippen molar-refractivity contribution in [3.8, 4) is 0 Å². The molecule has 0 atom stereocenters. The fourth-order valence-electron chi connectivity index (χ4n) is 2.52. The first-order valence-corrected chi connectivity index (χ1v) is 9.46. The van der Waals surface area contributed by atoms with E-state index in [0.717, 1.165) is 5.56 Å². The van der Waals surface area contributed by atoms with Crippen molar-refractivity contribution in [1.82, 2.24) is 5.43 Å². The van der Waals surface area contributed by atoms with Crippen LogP contribution < -0.4 is 10.7 Å². The van der Waals surface area contributed by atoms with Crippen molar-refractivity contribution in [2.45, 2.75) is 6.92 Å². The number of amides is 2. The average molecular weight is 426 g/mol. The molecule has 29 heavy (non-hydrogen) atoms. The standard InChI is InChI=1S/C22H17Cl2N3O2/c1-14(26-27-21(28)16-5-3-2-4-6-16)15-7-10-18(11-8-15)25-22(29)19-12-9-17(23)13-20(19)24/h2-13H,1H3,(H,25,29)(H,27,28)/b26-14-. The molecule has 0 saturated heterocycles. The van der Waals surface area contributed by atoms with E-state index in [1.54, 1.807) is 67.6 Å². The highest BCUT2D eigenvalue weighted by molar-refractivity contribution is 6.37. The summed E-state index contributed by atoms with van der Waals surface area (Å²) in [6, 6.07) is 20.6. The molecule has 0 heterocycles. The smallest absolute Gasteiger partial charge is 0.271 e. The number of nitrogens with zero attached hydrogens (tertiary/aromatic N) is 1. The second-order valence-corrected chi connectivity index (χ2v) is 7.00. The van der Waals surface area contributed by atoms with Gasteiger partial charge in [-0.1, -0.05) is 53.5 Å². The van der Waals surface area contributed by atoms with Crippen molar-refractivity contribution in [3.05, 3.63) is 99.5 Å². The zero-order valence-electron chi connectivity index (χ0n) is 15.4. The third-order valence-corrected chi connectivity index (χ3v) is 4.65. The molecular formula is C22H17Cl2N3O2. The van der Waals surface area contributed by atoms with Gasteiger partial charge in [-0.3, -0.25) is 9.59 Å². The van der Waals surface area contributed by atoms with E-state index in [0.29, 0.717) is 27.5 Å². The molecule has 3 aromatic rings. The number of halogens is 2. The molecule has 0 bridgehead atoms. The lowest BCUT2D eigenvalue weighted by molar-refractivity contribution is 0.0954. The van der Waals surface area contributed by atoms with E-state index in [4.69, 9.17) is 23.2 Å². The monoisotopic (exact) mass is 425 g/mol. The lowest BCUT2D eigenvalue weighted by Crippen LogP contribution is -2.19. The van der Waals surface area contributed by atoms with Gasteiger partial charge in [0.05, 0.1) is 16.3 Å². The van der Waals surface area contributed by atoms with Crippen LogP contribution in [0.4, 0.5) is 5.69 Å². The van der Waals surface area contributed by atoms with E-state index in [1.165, 1.54) is 6.07 Å². The number of benzene rings is 3. The summed E-state index contributed by atoms with van der Waals surface area (Å²) in [7, 11) is 0. The van der Waals surface area contributed by atoms with Crippen molar-refractivity contribution in [1.29, 1.82) is 0 Å². The molecule has 3 aromatic carbocycles. The molecule has 5 nitrogen and oxygen atoms in total. The third-order valence-electron chi connectivity index (χ3n) is 4.10. The lowest BCUT2D eigenvalue weighted by Gasteiger charge is -2.08. The Morgan fingerprint density at radius 3 is 2.17 bits per heavy atom. The quantitative estimate of drug-likeness (QED) is 0.424. The Balaban J connectivity index is 1.64. The molecule has 0 aromatic heterocycles. The van der Waals surface area contributed by atoms with Crippen molar-refractivity contribution in [3.63, 3.8) is 0 Å². The van der Waals surface area contributed by atoms with Gasteiger partial charge in [0.2, 0.25) is 0 Å². The van der Waals surface area contributed by atoms with Crippen LogP contribution in [0.5, 0.6) is 0 Å². The third kappa shape index (κ3) is 5.44. The maximum absolute atomic E-state index is 12.4. The van der Waals surface area contributed by atoms with Gasteiger partial charge in [0.15, 0.2) is 0 Å². The van der Waals surface area contributed by atoms with Crippen LogP contribution in [0, 0.1) is 0 Å². The molecule has 0 aliphatic carbocycles. The van der Waals surface area contributed by atoms with E-state index < -0.39 is 0 Å². The van der Waals surface area contributed by atoms with Crippen LogP contribution >= 0.6 is 23.2 Å². The Hall–Kier alpha value is -3.15. The van der Waals surface area contributed by atoms with Crippen LogP contribution in [0.15, 0.2) is 77.9 Å². The molecule has 3 rings (SSSR count). The second kappa shape index (κ2) is 9.37. The van der Waals surface area contributed by atoms with Gasteiger partial charge in [0, 0.05) is 16.3 Å². The molecule has 0 radical (unpaired) electrons. The largest absolute Gasteiger partial charge is 0.322 e. The van der Waals surface area contributed by atoms with E-state index in [1.807, 2.05) is 6.07 Å². The number of hydrogen-bond acceptors (Lipinski definition) is 3. The highest BCUT2D eigenvalue weighted by atomic mass is 35.5. The molecule has 2 amide bonds. The summed E-state index contributed by atoms with van der Waals surface area (Å²) >= 11 is 11.9. The van der Waals surface area contributed by atoms with Gasteiger partial charge in [0.1, 0.15) is 0 Å². The SMILES string of the molecule is C/C(=N/NC(=O)c1ccccc1)c1ccc(NC(=O)c2ccc(Cl)cc2Cl)cc1. The molecule has 0 unspecified atom stereocenters. The predicted molar refractivity (Wildman–Crippen MR) is 117 cm³/mol. The number of carbonyl (C=O) groups is 2. The maximum atomic E-state index is 12.4. The van der Waals surface area contributed by atoms with Crippen LogP contribution in [-0.2, 0) is 0 Å². The van der Waals surface area contributed by atoms with E-state index >= 15 is 0 Å². The van der Waals surface area contributed by atoms with E-state index in [-0.39, 0.29) is 16.8 Å². The second-order valence-electron chi connectivity index (χ2n) is 6.16. The first kappa shape index (κ1) is 20.6. The predicted octanol–water partition coefficient (Wildman–Crippen LogP) is 5.40. The van der Waals surface area contributed by atoms with Gasteiger partial charge in [-0.05, 0) is 55.0 Å². The van der Waals surface area contributed by atoms with Gasteiger partial charge in [0.25, 0.3) is 11.8 Å². The summed E-state index contributed by atoms with van der Waals surface area (Å²) < 4.78 is 0. The molecule has 0 spiro atoms. The normalized spacial score (nSPS) is 11.1. The molecule has 0 aliphatic rings. The Morgan fingerprint density at radius 1 is 0.828 bits per heavy atom. The summed E-state index contributed by atoms with van der Waals surface area (Å²) in [5.41, 5.74) is 5.44. The Labute approximate surface area is 178 Å². The van der Waals surface area contributed by atoms with Gasteiger partial charge in [-0.15, -0.1) is 0 Å². The number of hydrogen-bond donors (Lipinski definition) is 2. The molecule has 7 heteroatoms. The van der Waals surface area contributed by atoms with Crippen LogP contribution in [-0.4, -0.2) is 17.5 Å². The summed E-state index contributed by atoms with van der Waals surface area (Å²) in [6.07, 6.45) is 0. The minimum Gasteiger partial charge on any atom is -0.322 e. The lowest BCUT2D eigenvalue weighted by atomic mass is 10.1. The number of rotatable bonds is 5. The number of anilines is 1. The summed E-state index contributed by atoms with van der Waals surface area (Å²) in [5, 5.41) is 7.65. The molecule has 0 fully saturated rings. The van der Waals surface area contributed by atoms with Gasteiger partial charge in [-0.25, -0.2) is 5.43 Å². The maximum Gasteiger partial charge on any atom is 0.271 e. The zero-order valence-corrected chi connectivity index (χ0v) is 17.0. The van der Waals surface area contributed by atoms with E-state index in [2.05, 4.69) is 15.8 Å². The Bertz CT molecular complexity index is 1070. The molecule has 146 valence electrons. The van der Waals surface area contributed by atoms with E-state index in [9.17, 15) is 9.59 Å². The van der Waals surface area contributed by atoms with Crippen LogP contribution in [0.2, 0.25) is 10.0 Å². The highest BCUT2D eigenvalue weighted by Crippen LogP contribution is 2.22. The van der Waals surface area contributed by atoms with Gasteiger partial charge >= 0.3 is 0 Å². The molecule has 0 saturated carbocycles. The average Bonchev–Trinajstić information content (AvgIpc) is 2.72. The fraction of sp³-hybridized carbons (Fsp3) is 0.0455. The van der Waals surface area contributed by atoms with Crippen LogP contribution in [0.25, 0.3) is 0 Å². The highest BCUT2D eigenvalue weighted by Gasteiger charge is 2.11. The van der Waals surface area contributed by atoms with Gasteiger partial charge < -0.3 is 5.32 Å². The molecule has 2 N–H and O–H groups in total.